The van der Waals surface area contributed by atoms with Crippen LogP contribution in [0.25, 0.3) is 0 Å². The van der Waals surface area contributed by atoms with Crippen molar-refractivity contribution >= 4 is 28.6 Å². The Morgan fingerprint density at radius 2 is 2.25 bits per heavy atom. The van der Waals surface area contributed by atoms with Crippen molar-refractivity contribution in [3.8, 4) is 0 Å². The van der Waals surface area contributed by atoms with Crippen LogP contribution in [0.3, 0.4) is 0 Å². The third kappa shape index (κ3) is 3.64. The van der Waals surface area contributed by atoms with Gasteiger partial charge in [0.15, 0.2) is 0 Å². The molecule has 6 atom stereocenters. The lowest BCUT2D eigenvalue weighted by Crippen LogP contribution is -2.26. The number of carbonyl (C=O) groups excluding carboxylic acids is 1. The lowest BCUT2D eigenvalue weighted by atomic mass is 9.90. The topological polar surface area (TPSA) is 76.0 Å². The lowest BCUT2D eigenvalue weighted by Gasteiger charge is -2.21. The highest BCUT2D eigenvalue weighted by atomic mass is 127. The Morgan fingerprint density at radius 3 is 2.90 bits per heavy atom. The molecule has 1 aliphatic heterocycles. The third-order valence-corrected chi connectivity index (χ3v) is 5.98. The molecule has 6 heteroatoms. The average Bonchev–Trinajstić information content (AvgIpc) is 2.94. The lowest BCUT2D eigenvalue weighted by molar-refractivity contribution is -0.140. The molecule has 116 valence electrons. The predicted octanol–water partition coefficient (Wildman–Crippen LogP) is 1.28. The largest absolute Gasteiger partial charge is 0.469 e. The van der Waals surface area contributed by atoms with Gasteiger partial charge in [0.05, 0.1) is 25.4 Å². The van der Waals surface area contributed by atoms with Crippen LogP contribution < -0.4 is 0 Å². The molecule has 2 rings (SSSR count). The fourth-order valence-corrected chi connectivity index (χ4v) is 4.30. The SMILES string of the molecule is COC(=O)CCC[C@@H](I)[C@H]1C[C@@H]2[C@@H](CO)[C@H](O)C[C@@H]2O1. The molecule has 2 aliphatic rings. The van der Waals surface area contributed by atoms with E-state index >= 15 is 0 Å². The summed E-state index contributed by atoms with van der Waals surface area (Å²) in [5.41, 5.74) is 0. The smallest absolute Gasteiger partial charge is 0.305 e. The number of ether oxygens (including phenoxy) is 2. The van der Waals surface area contributed by atoms with Crippen LogP contribution >= 0.6 is 22.6 Å². The number of hydrogen-bond acceptors (Lipinski definition) is 5. The summed E-state index contributed by atoms with van der Waals surface area (Å²) < 4.78 is 11.0. The van der Waals surface area contributed by atoms with E-state index in [4.69, 9.17) is 4.74 Å². The fraction of sp³-hybridized carbons (Fsp3) is 0.929. The number of aliphatic hydroxyl groups excluding tert-OH is 2. The average molecular weight is 398 g/mol. The normalized spacial score (nSPS) is 37.7. The van der Waals surface area contributed by atoms with Crippen LogP contribution in [0, 0.1) is 11.8 Å². The van der Waals surface area contributed by atoms with Crippen LogP contribution in [0.4, 0.5) is 0 Å². The van der Waals surface area contributed by atoms with E-state index in [0.717, 1.165) is 19.3 Å². The van der Waals surface area contributed by atoms with Crippen molar-refractivity contribution in [3.05, 3.63) is 0 Å². The molecule has 0 amide bonds. The minimum atomic E-state index is -0.428. The molecule has 2 N–H and O–H groups in total. The highest BCUT2D eigenvalue weighted by Gasteiger charge is 2.49. The van der Waals surface area contributed by atoms with Crippen molar-refractivity contribution in [1.82, 2.24) is 0 Å². The Hall–Kier alpha value is 0.0800. The first-order valence-corrected chi connectivity index (χ1v) is 8.46. The van der Waals surface area contributed by atoms with Crippen LogP contribution in [-0.2, 0) is 14.3 Å². The summed E-state index contributed by atoms with van der Waals surface area (Å²) >= 11 is 2.39. The van der Waals surface area contributed by atoms with E-state index in [1.165, 1.54) is 7.11 Å². The molecule has 0 aromatic rings. The fourth-order valence-electron chi connectivity index (χ4n) is 3.40. The first kappa shape index (κ1) is 16.5. The summed E-state index contributed by atoms with van der Waals surface area (Å²) in [7, 11) is 1.41. The Bertz CT molecular complexity index is 338. The summed E-state index contributed by atoms with van der Waals surface area (Å²) in [6.07, 6.45) is 3.55. The van der Waals surface area contributed by atoms with E-state index in [-0.39, 0.29) is 36.6 Å². The van der Waals surface area contributed by atoms with Crippen molar-refractivity contribution in [3.63, 3.8) is 0 Å². The van der Waals surface area contributed by atoms with Gasteiger partial charge in [-0.1, -0.05) is 22.6 Å². The molecule has 0 aromatic carbocycles. The number of fused-ring (bicyclic) bond motifs is 1. The molecule has 0 aromatic heterocycles. The van der Waals surface area contributed by atoms with Crippen LogP contribution in [-0.4, -0.2) is 52.1 Å². The maximum atomic E-state index is 11.1. The second-order valence-corrected chi connectivity index (χ2v) is 7.35. The van der Waals surface area contributed by atoms with Gasteiger partial charge >= 0.3 is 5.97 Å². The number of hydrogen-bond donors (Lipinski definition) is 2. The summed E-state index contributed by atoms with van der Waals surface area (Å²) in [5, 5.41) is 19.2. The minimum absolute atomic E-state index is 0.0344. The van der Waals surface area contributed by atoms with Crippen LogP contribution in [0.15, 0.2) is 0 Å². The van der Waals surface area contributed by atoms with Crippen molar-refractivity contribution in [2.24, 2.45) is 11.8 Å². The van der Waals surface area contributed by atoms with E-state index in [9.17, 15) is 15.0 Å². The van der Waals surface area contributed by atoms with E-state index in [2.05, 4.69) is 27.3 Å². The Balaban J connectivity index is 1.77. The van der Waals surface area contributed by atoms with Gasteiger partial charge in [-0.05, 0) is 25.2 Å². The zero-order valence-electron chi connectivity index (χ0n) is 11.7. The second-order valence-electron chi connectivity index (χ2n) is 5.75. The zero-order chi connectivity index (χ0) is 14.7. The molecule has 2 fully saturated rings. The number of carbonyl (C=O) groups is 1. The molecule has 0 radical (unpaired) electrons. The maximum absolute atomic E-state index is 11.1. The molecular formula is C14H23IO5. The van der Waals surface area contributed by atoms with Crippen molar-refractivity contribution in [1.29, 1.82) is 0 Å². The highest BCUT2D eigenvalue weighted by molar-refractivity contribution is 14.1. The van der Waals surface area contributed by atoms with E-state index in [1.54, 1.807) is 0 Å². The number of halogens is 1. The van der Waals surface area contributed by atoms with Gasteiger partial charge in [-0.15, -0.1) is 0 Å². The first-order valence-electron chi connectivity index (χ1n) is 7.22. The van der Waals surface area contributed by atoms with Crippen LogP contribution in [0.5, 0.6) is 0 Å². The van der Waals surface area contributed by atoms with E-state index < -0.39 is 6.10 Å². The van der Waals surface area contributed by atoms with E-state index in [0.29, 0.717) is 16.8 Å². The minimum Gasteiger partial charge on any atom is -0.469 e. The van der Waals surface area contributed by atoms with Gasteiger partial charge in [0.1, 0.15) is 0 Å². The van der Waals surface area contributed by atoms with Gasteiger partial charge in [-0.2, -0.15) is 0 Å². The Kier molecular flexibility index (Phi) is 6.07. The standard InChI is InChI=1S/C14H23IO5/c1-19-14(18)4-2-3-10(15)13-5-8-9(7-16)11(17)6-12(8)20-13/h8-13,16-17H,2-7H2,1H3/t8-,9-,10-,11-,12+,13-/m1/s1. The van der Waals surface area contributed by atoms with Crippen molar-refractivity contribution in [2.45, 2.75) is 54.3 Å². The van der Waals surface area contributed by atoms with Crippen molar-refractivity contribution in [2.75, 3.05) is 13.7 Å². The number of methoxy groups -OCH3 is 1. The summed E-state index contributed by atoms with van der Waals surface area (Å²) in [6.45, 7) is 0.0344. The van der Waals surface area contributed by atoms with Crippen LogP contribution in [0.1, 0.15) is 32.1 Å². The molecular weight excluding hydrogens is 375 g/mol. The molecule has 1 saturated heterocycles. The molecule has 0 unspecified atom stereocenters. The predicted molar refractivity (Wildman–Crippen MR) is 81.6 cm³/mol. The molecule has 1 saturated carbocycles. The van der Waals surface area contributed by atoms with E-state index in [1.807, 2.05) is 0 Å². The van der Waals surface area contributed by atoms with Gasteiger partial charge in [0, 0.05) is 29.3 Å². The monoisotopic (exact) mass is 398 g/mol. The van der Waals surface area contributed by atoms with Gasteiger partial charge in [-0.3, -0.25) is 4.79 Å². The summed E-state index contributed by atoms with van der Waals surface area (Å²) in [5.74, 6) is 0.0721. The Morgan fingerprint density at radius 1 is 1.50 bits per heavy atom. The first-order chi connectivity index (χ1) is 9.56. The maximum Gasteiger partial charge on any atom is 0.305 e. The quantitative estimate of drug-likeness (QED) is 0.401. The number of aliphatic hydroxyl groups is 2. The van der Waals surface area contributed by atoms with Gasteiger partial charge in [0.2, 0.25) is 0 Å². The summed E-state index contributed by atoms with van der Waals surface area (Å²) in [6, 6.07) is 0. The van der Waals surface area contributed by atoms with Gasteiger partial charge < -0.3 is 19.7 Å². The molecule has 0 spiro atoms. The number of rotatable bonds is 6. The zero-order valence-corrected chi connectivity index (χ0v) is 13.9. The Labute approximate surface area is 133 Å². The molecule has 20 heavy (non-hydrogen) atoms. The van der Waals surface area contributed by atoms with Crippen molar-refractivity contribution < 1.29 is 24.5 Å². The van der Waals surface area contributed by atoms with Gasteiger partial charge in [-0.25, -0.2) is 0 Å². The van der Waals surface area contributed by atoms with Gasteiger partial charge in [0.25, 0.3) is 0 Å². The third-order valence-electron chi connectivity index (χ3n) is 4.55. The molecule has 5 nitrogen and oxygen atoms in total. The molecule has 1 heterocycles. The highest BCUT2D eigenvalue weighted by Crippen LogP contribution is 2.45. The number of esters is 1. The molecule has 0 bridgehead atoms. The number of alkyl halides is 1. The van der Waals surface area contributed by atoms with Crippen LogP contribution in [0.2, 0.25) is 0 Å². The molecule has 1 aliphatic carbocycles. The summed E-state index contributed by atoms with van der Waals surface area (Å²) in [4.78, 5) is 11.1. The second kappa shape index (κ2) is 7.38.